The second kappa shape index (κ2) is 9.10. The smallest absolute Gasteiger partial charge is 0.224 e. The van der Waals surface area contributed by atoms with Gasteiger partial charge >= 0.3 is 0 Å². The highest BCUT2D eigenvalue weighted by Crippen LogP contribution is 2.63. The standard InChI is InChI=1S/C33H39NO6/c1-14(2)9-22-25-20(8)33(40)19(7)12-16(4)10-15(3)11-17(5)26(35)24-23-21(13-18(6)27(24)36)30(38)32(25,34-31(22)39)29(33)28(23)37/h10-14,16,20,22,25,29,36,40H,9H2,1-8H3,(H,34,39)/b15-10?,17-11?,19-12+/t16-,20-,22-,25-,29+,32-,33+/m1/s1. The fourth-order valence-corrected chi connectivity index (χ4v) is 8.32. The third kappa shape index (κ3) is 3.52. The number of hydrogen-bond donors (Lipinski definition) is 3. The third-order valence-electron chi connectivity index (χ3n) is 9.80. The van der Waals surface area contributed by atoms with E-state index in [9.17, 15) is 29.4 Å². The lowest BCUT2D eigenvalue weighted by atomic mass is 9.62. The van der Waals surface area contributed by atoms with E-state index >= 15 is 0 Å². The molecule has 2 fully saturated rings. The van der Waals surface area contributed by atoms with Crippen molar-refractivity contribution in [3.8, 4) is 5.75 Å². The van der Waals surface area contributed by atoms with E-state index in [2.05, 4.69) is 5.32 Å². The molecular formula is C33H39NO6. The first-order chi connectivity index (χ1) is 18.6. The summed E-state index contributed by atoms with van der Waals surface area (Å²) in [6, 6.07) is 1.45. The first-order valence-electron chi connectivity index (χ1n) is 14.2. The molecule has 0 unspecified atom stereocenters. The van der Waals surface area contributed by atoms with Crippen LogP contribution in [-0.2, 0) is 4.79 Å². The van der Waals surface area contributed by atoms with Crippen LogP contribution in [0.3, 0.4) is 0 Å². The fourth-order valence-electron chi connectivity index (χ4n) is 8.32. The van der Waals surface area contributed by atoms with Crippen molar-refractivity contribution in [2.45, 2.75) is 73.0 Å². The molecule has 1 aromatic carbocycles. The first kappa shape index (κ1) is 28.2. The van der Waals surface area contributed by atoms with Gasteiger partial charge in [0.1, 0.15) is 16.9 Å². The van der Waals surface area contributed by atoms with Crippen LogP contribution in [0.2, 0.25) is 0 Å². The number of phenols is 1. The van der Waals surface area contributed by atoms with Crippen LogP contribution in [0.25, 0.3) is 0 Å². The number of carbonyl (C=O) groups is 4. The number of allylic oxidation sites excluding steroid dienone is 5. The SMILES string of the molecule is CC1=C[C@@H](C)/C=C(\C)[C@]2(O)[C@H](C)[C@@H]3[C@@H](CC(C)C)C(=O)N[C@]34C(=O)c3cc(C)c(O)c(c3C(=O)[C@@H]42)C(=O)C(C)=C1. The van der Waals surface area contributed by atoms with Crippen molar-refractivity contribution in [3.05, 3.63) is 63.3 Å². The van der Waals surface area contributed by atoms with Crippen LogP contribution < -0.4 is 5.32 Å². The zero-order chi connectivity index (χ0) is 29.6. The van der Waals surface area contributed by atoms with Crippen LogP contribution in [0.1, 0.15) is 91.5 Å². The Morgan fingerprint density at radius 2 is 1.65 bits per heavy atom. The maximum atomic E-state index is 14.8. The van der Waals surface area contributed by atoms with Crippen molar-refractivity contribution in [1.29, 1.82) is 0 Å². The molecule has 0 aromatic heterocycles. The molecular weight excluding hydrogens is 506 g/mol. The number of amides is 1. The molecule has 1 saturated heterocycles. The van der Waals surface area contributed by atoms with Crippen LogP contribution in [0.15, 0.2) is 41.0 Å². The summed E-state index contributed by atoms with van der Waals surface area (Å²) in [5.74, 6) is -5.49. The predicted octanol–water partition coefficient (Wildman–Crippen LogP) is 4.90. The molecule has 0 radical (unpaired) electrons. The summed E-state index contributed by atoms with van der Waals surface area (Å²) in [5.41, 5.74) is -1.86. The molecule has 212 valence electrons. The number of ketones is 3. The Morgan fingerprint density at radius 3 is 2.27 bits per heavy atom. The lowest BCUT2D eigenvalue weighted by Crippen LogP contribution is -2.64. The fraction of sp³-hybridized carbons (Fsp3) is 0.515. The highest BCUT2D eigenvalue weighted by atomic mass is 16.3. The van der Waals surface area contributed by atoms with Gasteiger partial charge in [-0.05, 0) is 74.6 Å². The molecule has 1 saturated carbocycles. The average molecular weight is 546 g/mol. The first-order valence-corrected chi connectivity index (χ1v) is 14.2. The van der Waals surface area contributed by atoms with Gasteiger partial charge in [-0.25, -0.2) is 0 Å². The molecule has 40 heavy (non-hydrogen) atoms. The molecule has 1 amide bonds. The molecule has 3 aliphatic carbocycles. The van der Waals surface area contributed by atoms with E-state index in [1.165, 1.54) is 6.07 Å². The predicted molar refractivity (Wildman–Crippen MR) is 151 cm³/mol. The molecule has 1 heterocycles. The van der Waals surface area contributed by atoms with Crippen LogP contribution in [0, 0.1) is 42.4 Å². The number of Topliss-reactive ketones (excluding diaryl/α,β-unsaturated/α-hetero) is 3. The van der Waals surface area contributed by atoms with Gasteiger partial charge < -0.3 is 15.5 Å². The number of hydrogen-bond acceptors (Lipinski definition) is 6. The summed E-state index contributed by atoms with van der Waals surface area (Å²) < 4.78 is 0. The van der Waals surface area contributed by atoms with E-state index in [1.807, 2.05) is 46.8 Å². The van der Waals surface area contributed by atoms with Gasteiger partial charge in [-0.2, -0.15) is 0 Å². The Labute approximate surface area is 235 Å². The molecule has 5 rings (SSSR count). The zero-order valence-electron chi connectivity index (χ0n) is 24.5. The lowest BCUT2D eigenvalue weighted by Gasteiger charge is -2.43. The number of phenolic OH excluding ortho intramolecular Hbond substituents is 1. The molecule has 2 bridgehead atoms. The van der Waals surface area contributed by atoms with Crippen LogP contribution >= 0.6 is 0 Å². The maximum Gasteiger partial charge on any atom is 0.224 e. The molecule has 1 spiro atoms. The third-order valence-corrected chi connectivity index (χ3v) is 9.80. The number of aliphatic hydroxyl groups is 1. The average Bonchev–Trinajstić information content (AvgIpc) is 3.23. The summed E-state index contributed by atoms with van der Waals surface area (Å²) >= 11 is 0. The van der Waals surface area contributed by atoms with Crippen molar-refractivity contribution in [2.75, 3.05) is 0 Å². The molecule has 7 atom stereocenters. The number of benzene rings is 1. The number of aryl methyl sites for hydroxylation is 1. The van der Waals surface area contributed by atoms with E-state index in [1.54, 1.807) is 26.8 Å². The molecule has 7 heteroatoms. The van der Waals surface area contributed by atoms with Crippen LogP contribution in [-0.4, -0.2) is 44.6 Å². The van der Waals surface area contributed by atoms with Gasteiger partial charge in [-0.3, -0.25) is 19.2 Å². The molecule has 7 nitrogen and oxygen atoms in total. The lowest BCUT2D eigenvalue weighted by molar-refractivity contribution is -0.125. The van der Waals surface area contributed by atoms with Crippen LogP contribution in [0.5, 0.6) is 5.75 Å². The summed E-state index contributed by atoms with van der Waals surface area (Å²) in [6.45, 7) is 14.6. The van der Waals surface area contributed by atoms with Gasteiger partial charge in [0.05, 0.1) is 11.5 Å². The summed E-state index contributed by atoms with van der Waals surface area (Å²) in [5, 5.41) is 26.8. The van der Waals surface area contributed by atoms with Crippen molar-refractivity contribution < 1.29 is 29.4 Å². The Balaban J connectivity index is 1.93. The number of aromatic hydroxyl groups is 1. The topological polar surface area (TPSA) is 121 Å². The van der Waals surface area contributed by atoms with Gasteiger partial charge in [0.25, 0.3) is 0 Å². The number of nitrogens with one attached hydrogen (secondary N) is 1. The second-order valence-electron chi connectivity index (χ2n) is 13.0. The van der Waals surface area contributed by atoms with Gasteiger partial charge in [-0.15, -0.1) is 0 Å². The Kier molecular flexibility index (Phi) is 6.42. The zero-order valence-corrected chi connectivity index (χ0v) is 24.5. The summed E-state index contributed by atoms with van der Waals surface area (Å²) in [4.78, 5) is 56.9. The van der Waals surface area contributed by atoms with Gasteiger partial charge in [0, 0.05) is 23.0 Å². The van der Waals surface area contributed by atoms with E-state index in [4.69, 9.17) is 0 Å². The molecule has 1 aromatic rings. The minimum Gasteiger partial charge on any atom is -0.507 e. The number of rotatable bonds is 2. The summed E-state index contributed by atoms with van der Waals surface area (Å²) in [7, 11) is 0. The van der Waals surface area contributed by atoms with E-state index in [0.29, 0.717) is 17.6 Å². The monoisotopic (exact) mass is 545 g/mol. The number of carbonyl (C=O) groups excluding carboxylic acids is 4. The normalized spacial score (nSPS) is 36.6. The molecule has 4 aliphatic rings. The Morgan fingerprint density at radius 1 is 1.00 bits per heavy atom. The van der Waals surface area contributed by atoms with Crippen LogP contribution in [0.4, 0.5) is 0 Å². The van der Waals surface area contributed by atoms with E-state index in [-0.39, 0.29) is 45.7 Å². The van der Waals surface area contributed by atoms with Crippen molar-refractivity contribution >= 4 is 23.3 Å². The van der Waals surface area contributed by atoms with Gasteiger partial charge in [-0.1, -0.05) is 51.5 Å². The minimum absolute atomic E-state index is 0.0109. The van der Waals surface area contributed by atoms with Gasteiger partial charge in [0.2, 0.25) is 5.91 Å². The highest BCUT2D eigenvalue weighted by molar-refractivity contribution is 6.28. The largest absolute Gasteiger partial charge is 0.507 e. The van der Waals surface area contributed by atoms with E-state index in [0.717, 1.165) is 5.57 Å². The van der Waals surface area contributed by atoms with Gasteiger partial charge in [0.15, 0.2) is 17.3 Å². The molecule has 1 aliphatic heterocycles. The quantitative estimate of drug-likeness (QED) is 0.455. The maximum absolute atomic E-state index is 14.8. The minimum atomic E-state index is -1.77. The Bertz CT molecular complexity index is 1480. The molecule has 3 N–H and O–H groups in total. The van der Waals surface area contributed by atoms with E-state index < -0.39 is 52.2 Å². The second-order valence-corrected chi connectivity index (χ2v) is 13.0. The summed E-state index contributed by atoms with van der Waals surface area (Å²) in [6.07, 6.45) is 6.07. The van der Waals surface area contributed by atoms with Crippen molar-refractivity contribution in [3.63, 3.8) is 0 Å². The highest BCUT2D eigenvalue weighted by Gasteiger charge is 2.78. The van der Waals surface area contributed by atoms with Crippen molar-refractivity contribution in [2.24, 2.45) is 35.5 Å². The van der Waals surface area contributed by atoms with Crippen molar-refractivity contribution in [1.82, 2.24) is 5.32 Å². The Hall–Kier alpha value is -3.32.